The molecule has 1 aromatic carbocycles. The molecule has 0 saturated heterocycles. The fraction of sp³-hybridized carbons (Fsp3) is 0.385. The number of nitrogens with zero attached hydrogens (tertiary/aromatic N) is 2. The molecule has 100 valence electrons. The van der Waals surface area contributed by atoms with Crippen LogP contribution in [0.2, 0.25) is 0 Å². The first-order chi connectivity index (χ1) is 8.80. The Labute approximate surface area is 111 Å². The van der Waals surface area contributed by atoms with Gasteiger partial charge in [-0.05, 0) is 18.9 Å². The lowest BCUT2D eigenvalue weighted by molar-refractivity contribution is -0.384. The summed E-state index contributed by atoms with van der Waals surface area (Å²) in [5.41, 5.74) is -1.01. The zero-order valence-corrected chi connectivity index (χ0v) is 11.0. The predicted octanol–water partition coefficient (Wildman–Crippen LogP) is 2.26. The van der Waals surface area contributed by atoms with Crippen LogP contribution in [-0.2, 0) is 0 Å². The highest BCUT2D eigenvalue weighted by molar-refractivity contribution is 5.95. The maximum absolute atomic E-state index is 12.0. The van der Waals surface area contributed by atoms with Crippen LogP contribution in [0.5, 0.6) is 0 Å². The molecule has 0 aliphatic rings. The van der Waals surface area contributed by atoms with Gasteiger partial charge in [0.15, 0.2) is 0 Å². The lowest BCUT2D eigenvalue weighted by atomic mass is 9.89. The van der Waals surface area contributed by atoms with E-state index in [1.807, 2.05) is 13.8 Å². The summed E-state index contributed by atoms with van der Waals surface area (Å²) < 4.78 is 0. The topological polar surface area (TPSA) is 96.0 Å². The van der Waals surface area contributed by atoms with Crippen molar-refractivity contribution < 1.29 is 9.72 Å². The number of benzene rings is 1. The Morgan fingerprint density at radius 1 is 1.53 bits per heavy atom. The molecule has 0 fully saturated rings. The number of hydrogen-bond acceptors (Lipinski definition) is 4. The zero-order chi connectivity index (χ0) is 14.6. The van der Waals surface area contributed by atoms with Crippen molar-refractivity contribution in [2.45, 2.75) is 26.3 Å². The van der Waals surface area contributed by atoms with E-state index in [9.17, 15) is 14.9 Å². The van der Waals surface area contributed by atoms with E-state index in [1.165, 1.54) is 24.3 Å². The first-order valence-electron chi connectivity index (χ1n) is 5.78. The molecule has 1 N–H and O–H groups in total. The highest BCUT2D eigenvalue weighted by Gasteiger charge is 2.30. The Morgan fingerprint density at radius 2 is 2.16 bits per heavy atom. The van der Waals surface area contributed by atoms with Crippen LogP contribution in [0.25, 0.3) is 0 Å². The van der Waals surface area contributed by atoms with Crippen molar-refractivity contribution in [2.24, 2.45) is 5.92 Å². The average Bonchev–Trinajstić information content (AvgIpc) is 2.38. The molecule has 0 saturated carbocycles. The van der Waals surface area contributed by atoms with Gasteiger partial charge in [-0.1, -0.05) is 19.9 Å². The number of carbonyl (C=O) groups is 1. The second-order valence-corrected chi connectivity index (χ2v) is 4.73. The molecule has 6 nitrogen and oxygen atoms in total. The molecular formula is C13H15N3O3. The second kappa shape index (κ2) is 5.48. The fourth-order valence-corrected chi connectivity index (χ4v) is 1.37. The summed E-state index contributed by atoms with van der Waals surface area (Å²) in [6.07, 6.45) is 0. The number of nitrogens with one attached hydrogen (secondary N) is 1. The maximum atomic E-state index is 12.0. The van der Waals surface area contributed by atoms with Gasteiger partial charge >= 0.3 is 0 Å². The molecule has 0 heterocycles. The number of hydrogen-bond donors (Lipinski definition) is 1. The minimum absolute atomic E-state index is 0.0832. The van der Waals surface area contributed by atoms with E-state index >= 15 is 0 Å². The van der Waals surface area contributed by atoms with Crippen LogP contribution in [0, 0.1) is 27.4 Å². The number of nitriles is 1. The van der Waals surface area contributed by atoms with Crippen molar-refractivity contribution in [3.05, 3.63) is 39.9 Å². The molecule has 1 aromatic rings. The van der Waals surface area contributed by atoms with Gasteiger partial charge in [0.05, 0.1) is 11.0 Å². The molecule has 0 unspecified atom stereocenters. The van der Waals surface area contributed by atoms with Gasteiger partial charge in [-0.25, -0.2) is 0 Å². The second-order valence-electron chi connectivity index (χ2n) is 4.73. The monoisotopic (exact) mass is 261 g/mol. The molecule has 0 aliphatic heterocycles. The molecule has 0 aliphatic carbocycles. The van der Waals surface area contributed by atoms with E-state index in [4.69, 9.17) is 5.26 Å². The summed E-state index contributed by atoms with van der Waals surface area (Å²) in [6.45, 7) is 5.25. The van der Waals surface area contributed by atoms with Crippen LogP contribution in [0.3, 0.4) is 0 Å². The highest BCUT2D eigenvalue weighted by atomic mass is 16.6. The number of nitro groups is 1. The van der Waals surface area contributed by atoms with Gasteiger partial charge in [0.25, 0.3) is 11.6 Å². The van der Waals surface area contributed by atoms with Crippen LogP contribution in [0.4, 0.5) is 5.69 Å². The zero-order valence-electron chi connectivity index (χ0n) is 11.0. The van der Waals surface area contributed by atoms with Crippen LogP contribution in [-0.4, -0.2) is 16.4 Å². The summed E-state index contributed by atoms with van der Waals surface area (Å²) in [5, 5.41) is 22.4. The first kappa shape index (κ1) is 14.6. The maximum Gasteiger partial charge on any atom is 0.270 e. The molecular weight excluding hydrogens is 246 g/mol. The molecule has 1 rings (SSSR count). The van der Waals surface area contributed by atoms with Crippen LogP contribution in [0.15, 0.2) is 24.3 Å². The molecule has 1 amide bonds. The lowest BCUT2D eigenvalue weighted by Gasteiger charge is -2.27. The Balaban J connectivity index is 2.99. The van der Waals surface area contributed by atoms with Gasteiger partial charge in [0.1, 0.15) is 5.54 Å². The number of amides is 1. The molecule has 6 heteroatoms. The SMILES string of the molecule is CC(C)[C@](C)(C#N)NC(=O)c1cccc([N+](=O)[O-])c1. The van der Waals surface area contributed by atoms with Gasteiger partial charge < -0.3 is 5.32 Å². The Morgan fingerprint density at radius 3 is 2.63 bits per heavy atom. The van der Waals surface area contributed by atoms with E-state index in [0.29, 0.717) is 0 Å². The van der Waals surface area contributed by atoms with E-state index in [1.54, 1.807) is 6.92 Å². The van der Waals surface area contributed by atoms with Gasteiger partial charge in [-0.2, -0.15) is 5.26 Å². The van der Waals surface area contributed by atoms with Crippen molar-refractivity contribution in [3.8, 4) is 6.07 Å². The third-order valence-electron chi connectivity index (χ3n) is 3.08. The molecule has 0 spiro atoms. The predicted molar refractivity (Wildman–Crippen MR) is 69.4 cm³/mol. The van der Waals surface area contributed by atoms with Crippen LogP contribution >= 0.6 is 0 Å². The average molecular weight is 261 g/mol. The van der Waals surface area contributed by atoms with Crippen LogP contribution in [0.1, 0.15) is 31.1 Å². The summed E-state index contributed by atoms with van der Waals surface area (Å²) in [4.78, 5) is 22.1. The van der Waals surface area contributed by atoms with Crippen molar-refractivity contribution in [3.63, 3.8) is 0 Å². The standard InChI is InChI=1S/C13H15N3O3/c1-9(2)13(3,8-14)15-12(17)10-5-4-6-11(7-10)16(18)19/h4-7,9H,1-3H3,(H,15,17)/t13-/m0/s1. The van der Waals surface area contributed by atoms with Crippen molar-refractivity contribution >= 4 is 11.6 Å². The normalized spacial score (nSPS) is 13.4. The first-order valence-corrected chi connectivity index (χ1v) is 5.78. The molecule has 19 heavy (non-hydrogen) atoms. The third kappa shape index (κ3) is 3.28. The van der Waals surface area contributed by atoms with E-state index in [0.717, 1.165) is 0 Å². The summed E-state index contributed by atoms with van der Waals surface area (Å²) >= 11 is 0. The number of non-ortho nitro benzene ring substituents is 1. The van der Waals surface area contributed by atoms with Crippen LogP contribution < -0.4 is 5.32 Å². The Kier molecular flexibility index (Phi) is 4.22. The smallest absolute Gasteiger partial charge is 0.270 e. The lowest BCUT2D eigenvalue weighted by Crippen LogP contribution is -2.48. The summed E-state index contributed by atoms with van der Waals surface area (Å²) in [6, 6.07) is 7.46. The Hall–Kier alpha value is -2.42. The molecule has 1 atom stereocenters. The van der Waals surface area contributed by atoms with Gasteiger partial charge in [-0.15, -0.1) is 0 Å². The van der Waals surface area contributed by atoms with Gasteiger partial charge in [-0.3, -0.25) is 14.9 Å². The van der Waals surface area contributed by atoms with Crippen molar-refractivity contribution in [1.29, 1.82) is 5.26 Å². The van der Waals surface area contributed by atoms with E-state index in [-0.39, 0.29) is 17.2 Å². The summed E-state index contributed by atoms with van der Waals surface area (Å²) in [5.74, 6) is -0.582. The summed E-state index contributed by atoms with van der Waals surface area (Å²) in [7, 11) is 0. The van der Waals surface area contributed by atoms with Crippen molar-refractivity contribution in [1.82, 2.24) is 5.32 Å². The van der Waals surface area contributed by atoms with E-state index < -0.39 is 16.4 Å². The van der Waals surface area contributed by atoms with Gasteiger partial charge in [0, 0.05) is 17.7 Å². The minimum atomic E-state index is -1.01. The van der Waals surface area contributed by atoms with Gasteiger partial charge in [0.2, 0.25) is 0 Å². The molecule has 0 radical (unpaired) electrons. The Bertz CT molecular complexity index is 548. The number of rotatable bonds is 4. The fourth-order valence-electron chi connectivity index (χ4n) is 1.37. The van der Waals surface area contributed by atoms with Crippen molar-refractivity contribution in [2.75, 3.05) is 0 Å². The molecule has 0 aromatic heterocycles. The minimum Gasteiger partial charge on any atom is -0.334 e. The quantitative estimate of drug-likeness (QED) is 0.664. The number of nitro benzene ring substituents is 1. The third-order valence-corrected chi connectivity index (χ3v) is 3.08. The number of carbonyl (C=O) groups excluding carboxylic acids is 1. The highest BCUT2D eigenvalue weighted by Crippen LogP contribution is 2.18. The largest absolute Gasteiger partial charge is 0.334 e. The van der Waals surface area contributed by atoms with E-state index in [2.05, 4.69) is 11.4 Å². The molecule has 0 bridgehead atoms.